The number of nitrogens with two attached hydrogens (primary N) is 1. The Hall–Kier alpha value is -1.15. The molecule has 114 valence electrons. The summed E-state index contributed by atoms with van der Waals surface area (Å²) in [4.78, 5) is 1.35. The first-order chi connectivity index (χ1) is 10.0. The molecule has 5 nitrogen and oxygen atoms in total. The summed E-state index contributed by atoms with van der Waals surface area (Å²) in [6.45, 7) is 2.67. The Balaban J connectivity index is 1.79. The lowest BCUT2D eigenvalue weighted by atomic mass is 10.3. The molecule has 2 aromatic heterocycles. The van der Waals surface area contributed by atoms with Crippen LogP contribution >= 0.6 is 11.3 Å². The summed E-state index contributed by atoms with van der Waals surface area (Å²) >= 11 is 1.56. The van der Waals surface area contributed by atoms with Crippen molar-refractivity contribution < 1.29 is 8.42 Å². The Morgan fingerprint density at radius 1 is 1.48 bits per heavy atom. The van der Waals surface area contributed by atoms with E-state index in [2.05, 4.69) is 4.72 Å². The van der Waals surface area contributed by atoms with Gasteiger partial charge in [-0.3, -0.25) is 0 Å². The van der Waals surface area contributed by atoms with Crippen molar-refractivity contribution in [2.45, 2.75) is 43.8 Å². The van der Waals surface area contributed by atoms with Crippen LogP contribution < -0.4 is 10.5 Å². The van der Waals surface area contributed by atoms with Crippen LogP contribution in [-0.4, -0.2) is 13.0 Å². The number of aromatic nitrogens is 1. The predicted molar refractivity (Wildman–Crippen MR) is 83.7 cm³/mol. The first-order valence-corrected chi connectivity index (χ1v) is 9.31. The molecule has 7 heteroatoms. The topological polar surface area (TPSA) is 77.1 Å². The van der Waals surface area contributed by atoms with Crippen molar-refractivity contribution in [1.29, 1.82) is 0 Å². The van der Waals surface area contributed by atoms with Crippen LogP contribution in [0.5, 0.6) is 0 Å². The second-order valence-corrected chi connectivity index (χ2v) is 8.13. The van der Waals surface area contributed by atoms with Crippen LogP contribution in [0, 0.1) is 6.92 Å². The average molecular weight is 325 g/mol. The molecule has 0 aliphatic heterocycles. The lowest BCUT2D eigenvalue weighted by Gasteiger charge is -2.05. The van der Waals surface area contributed by atoms with E-state index in [1.807, 2.05) is 22.9 Å². The van der Waals surface area contributed by atoms with Crippen molar-refractivity contribution in [1.82, 2.24) is 9.29 Å². The van der Waals surface area contributed by atoms with Crippen molar-refractivity contribution in [3.63, 3.8) is 0 Å². The van der Waals surface area contributed by atoms with Gasteiger partial charge in [-0.1, -0.05) is 0 Å². The van der Waals surface area contributed by atoms with Crippen LogP contribution in [0.1, 0.15) is 35.0 Å². The maximum Gasteiger partial charge on any atom is 0.242 e. The van der Waals surface area contributed by atoms with E-state index in [0.29, 0.717) is 24.0 Å². The van der Waals surface area contributed by atoms with E-state index in [1.54, 1.807) is 23.6 Å². The van der Waals surface area contributed by atoms with Crippen LogP contribution in [0.25, 0.3) is 0 Å². The Morgan fingerprint density at radius 3 is 2.81 bits per heavy atom. The third kappa shape index (κ3) is 3.06. The summed E-state index contributed by atoms with van der Waals surface area (Å²) < 4.78 is 29.5. The lowest BCUT2D eigenvalue weighted by Crippen LogP contribution is -2.22. The number of hydrogen-bond acceptors (Lipinski definition) is 4. The molecule has 0 amide bonds. The minimum absolute atomic E-state index is 0.309. The van der Waals surface area contributed by atoms with E-state index >= 15 is 0 Å². The SMILES string of the molecule is Cc1ccsc1CNS(=O)(=O)c1cc(CN)n(C2CC2)c1. The molecule has 0 saturated heterocycles. The summed E-state index contributed by atoms with van der Waals surface area (Å²) in [5.41, 5.74) is 7.70. The average Bonchev–Trinajstić information content (AvgIpc) is 3.06. The fourth-order valence-electron chi connectivity index (χ4n) is 2.33. The van der Waals surface area contributed by atoms with E-state index < -0.39 is 10.0 Å². The zero-order chi connectivity index (χ0) is 15.0. The van der Waals surface area contributed by atoms with Gasteiger partial charge in [-0.05, 0) is 42.8 Å². The van der Waals surface area contributed by atoms with E-state index in [-0.39, 0.29) is 0 Å². The minimum atomic E-state index is -3.49. The molecule has 0 bridgehead atoms. The van der Waals surface area contributed by atoms with Gasteiger partial charge in [-0.2, -0.15) is 0 Å². The third-order valence-electron chi connectivity index (χ3n) is 3.76. The van der Waals surface area contributed by atoms with Gasteiger partial charge in [0, 0.05) is 35.9 Å². The lowest BCUT2D eigenvalue weighted by molar-refractivity contribution is 0.581. The third-order valence-corrected chi connectivity index (χ3v) is 6.15. The smallest absolute Gasteiger partial charge is 0.242 e. The molecule has 0 aromatic carbocycles. The van der Waals surface area contributed by atoms with Gasteiger partial charge in [-0.25, -0.2) is 13.1 Å². The molecule has 0 radical (unpaired) electrons. The number of sulfonamides is 1. The second-order valence-electron chi connectivity index (χ2n) is 5.36. The molecule has 3 N–H and O–H groups in total. The highest BCUT2D eigenvalue weighted by Crippen LogP contribution is 2.37. The van der Waals surface area contributed by atoms with Crippen molar-refractivity contribution in [3.8, 4) is 0 Å². The minimum Gasteiger partial charge on any atom is -0.346 e. The highest BCUT2D eigenvalue weighted by molar-refractivity contribution is 7.89. The number of nitrogens with zero attached hydrogens (tertiary/aromatic N) is 1. The van der Waals surface area contributed by atoms with Crippen LogP contribution in [0.4, 0.5) is 0 Å². The van der Waals surface area contributed by atoms with E-state index in [0.717, 1.165) is 29.0 Å². The molecule has 1 aliphatic carbocycles. The van der Waals surface area contributed by atoms with E-state index in [1.165, 1.54) is 0 Å². The number of hydrogen-bond donors (Lipinski definition) is 2. The normalized spacial score (nSPS) is 15.5. The van der Waals surface area contributed by atoms with Gasteiger partial charge >= 0.3 is 0 Å². The largest absolute Gasteiger partial charge is 0.346 e. The van der Waals surface area contributed by atoms with Crippen LogP contribution in [0.2, 0.25) is 0 Å². The highest BCUT2D eigenvalue weighted by atomic mass is 32.2. The van der Waals surface area contributed by atoms with Crippen LogP contribution in [0.3, 0.4) is 0 Å². The fourth-order valence-corrected chi connectivity index (χ4v) is 4.31. The molecule has 2 aromatic rings. The van der Waals surface area contributed by atoms with E-state index in [9.17, 15) is 8.42 Å². The molecule has 3 rings (SSSR count). The predicted octanol–water partition coefficient (Wildman–Crippen LogP) is 2.13. The van der Waals surface area contributed by atoms with E-state index in [4.69, 9.17) is 5.73 Å². The molecule has 21 heavy (non-hydrogen) atoms. The first kappa shape index (κ1) is 14.8. The number of thiophene rings is 1. The summed E-state index contributed by atoms with van der Waals surface area (Å²) in [6, 6.07) is 4.10. The second kappa shape index (κ2) is 5.57. The maximum absolute atomic E-state index is 12.4. The van der Waals surface area contributed by atoms with Crippen LogP contribution in [-0.2, 0) is 23.1 Å². The zero-order valence-corrected chi connectivity index (χ0v) is 13.5. The van der Waals surface area contributed by atoms with Gasteiger partial charge in [0.15, 0.2) is 0 Å². The Bertz CT molecular complexity index is 742. The van der Waals surface area contributed by atoms with Gasteiger partial charge < -0.3 is 10.3 Å². The van der Waals surface area contributed by atoms with Gasteiger partial charge in [-0.15, -0.1) is 11.3 Å². The quantitative estimate of drug-likeness (QED) is 0.854. The molecule has 1 saturated carbocycles. The maximum atomic E-state index is 12.4. The number of nitrogens with one attached hydrogen (secondary N) is 1. The van der Waals surface area contributed by atoms with Crippen molar-refractivity contribution in [2.75, 3.05) is 0 Å². The first-order valence-electron chi connectivity index (χ1n) is 6.94. The van der Waals surface area contributed by atoms with Gasteiger partial charge in [0.1, 0.15) is 0 Å². The number of rotatable bonds is 6. The van der Waals surface area contributed by atoms with Gasteiger partial charge in [0.05, 0.1) is 4.90 Å². The molecular weight excluding hydrogens is 306 g/mol. The van der Waals surface area contributed by atoms with Gasteiger partial charge in [0.2, 0.25) is 10.0 Å². The van der Waals surface area contributed by atoms with Crippen molar-refractivity contribution in [3.05, 3.63) is 39.8 Å². The van der Waals surface area contributed by atoms with Gasteiger partial charge in [0.25, 0.3) is 0 Å². The monoisotopic (exact) mass is 325 g/mol. The molecule has 0 unspecified atom stereocenters. The summed E-state index contributed by atoms with van der Waals surface area (Å²) in [5, 5.41) is 1.97. The fraction of sp³-hybridized carbons (Fsp3) is 0.429. The molecular formula is C14H19N3O2S2. The Labute approximate surface area is 128 Å². The summed E-state index contributed by atoms with van der Waals surface area (Å²) in [5.74, 6) is 0. The Morgan fingerprint density at radius 2 is 2.24 bits per heavy atom. The van der Waals surface area contributed by atoms with Crippen molar-refractivity contribution >= 4 is 21.4 Å². The molecule has 0 spiro atoms. The number of aryl methyl sites for hydroxylation is 1. The zero-order valence-electron chi connectivity index (χ0n) is 11.9. The molecule has 1 aliphatic rings. The molecule has 0 atom stereocenters. The van der Waals surface area contributed by atoms with Crippen LogP contribution in [0.15, 0.2) is 28.6 Å². The summed E-state index contributed by atoms with van der Waals surface area (Å²) in [7, 11) is -3.49. The standard InChI is InChI=1S/C14H19N3O2S2/c1-10-4-5-20-14(10)8-16-21(18,19)13-6-12(7-15)17(9-13)11-2-3-11/h4-6,9,11,16H,2-3,7-8,15H2,1H3. The highest BCUT2D eigenvalue weighted by Gasteiger charge is 2.27. The summed E-state index contributed by atoms with van der Waals surface area (Å²) in [6.07, 6.45) is 3.91. The molecule has 1 fully saturated rings. The molecule has 2 heterocycles. The van der Waals surface area contributed by atoms with Crippen molar-refractivity contribution in [2.24, 2.45) is 5.73 Å². The Kier molecular flexibility index (Phi) is 3.92.